The molecule has 0 spiro atoms. The molecule has 0 radical (unpaired) electrons. The van der Waals surface area contributed by atoms with Crippen LogP contribution >= 0.6 is 11.6 Å². The van der Waals surface area contributed by atoms with Crippen LogP contribution in [-0.2, 0) is 4.79 Å². The average molecular weight is 366 g/mol. The molecule has 1 N–H and O–H groups in total. The van der Waals surface area contributed by atoms with Gasteiger partial charge in [0.2, 0.25) is 0 Å². The molecular formula is C22H20ClNO2. The number of carbonyl (C=O) groups is 1. The van der Waals surface area contributed by atoms with Gasteiger partial charge in [-0.2, -0.15) is 0 Å². The van der Waals surface area contributed by atoms with Crippen molar-refractivity contribution in [2.24, 2.45) is 0 Å². The Hall–Kier alpha value is -2.78. The Kier molecular flexibility index (Phi) is 5.59. The third kappa shape index (κ3) is 4.24. The number of rotatable bonds is 5. The SMILES string of the molecule is Cc1c(Cl)cccc1NC(=O)[C@@H](C)Oc1ccc(-c2ccccc2)cc1. The van der Waals surface area contributed by atoms with Gasteiger partial charge in [-0.3, -0.25) is 4.79 Å². The van der Waals surface area contributed by atoms with Gasteiger partial charge in [0, 0.05) is 10.7 Å². The lowest BCUT2D eigenvalue weighted by atomic mass is 10.1. The van der Waals surface area contributed by atoms with Crippen molar-refractivity contribution in [3.05, 3.63) is 83.4 Å². The number of halogens is 1. The topological polar surface area (TPSA) is 38.3 Å². The van der Waals surface area contributed by atoms with Crippen LogP contribution in [0.4, 0.5) is 5.69 Å². The molecule has 0 bridgehead atoms. The van der Waals surface area contributed by atoms with Crippen molar-refractivity contribution in [1.29, 1.82) is 0 Å². The summed E-state index contributed by atoms with van der Waals surface area (Å²) in [4.78, 5) is 12.4. The number of carbonyl (C=O) groups excluding carboxylic acids is 1. The first-order chi connectivity index (χ1) is 12.5. The molecule has 0 fully saturated rings. The molecule has 0 aliphatic heterocycles. The van der Waals surface area contributed by atoms with E-state index >= 15 is 0 Å². The predicted octanol–water partition coefficient (Wildman–Crippen LogP) is 5.72. The summed E-state index contributed by atoms with van der Waals surface area (Å²) in [5, 5.41) is 3.48. The van der Waals surface area contributed by atoms with Gasteiger partial charge in [0.25, 0.3) is 5.91 Å². The highest BCUT2D eigenvalue weighted by molar-refractivity contribution is 6.31. The fraction of sp³-hybridized carbons (Fsp3) is 0.136. The number of hydrogen-bond donors (Lipinski definition) is 1. The van der Waals surface area contributed by atoms with E-state index in [1.807, 2.05) is 55.5 Å². The molecule has 0 saturated heterocycles. The van der Waals surface area contributed by atoms with Gasteiger partial charge in [0.05, 0.1) is 0 Å². The number of amides is 1. The summed E-state index contributed by atoms with van der Waals surface area (Å²) in [6.45, 7) is 3.59. The monoisotopic (exact) mass is 365 g/mol. The van der Waals surface area contributed by atoms with Crippen LogP contribution in [0.3, 0.4) is 0 Å². The molecule has 0 saturated carbocycles. The van der Waals surface area contributed by atoms with E-state index in [0.717, 1.165) is 16.7 Å². The van der Waals surface area contributed by atoms with E-state index in [0.29, 0.717) is 16.5 Å². The molecule has 3 rings (SSSR count). The van der Waals surface area contributed by atoms with Crippen molar-refractivity contribution in [3.63, 3.8) is 0 Å². The molecule has 4 heteroatoms. The van der Waals surface area contributed by atoms with E-state index < -0.39 is 6.10 Å². The lowest BCUT2D eigenvalue weighted by Crippen LogP contribution is -2.30. The Morgan fingerprint density at radius 2 is 1.58 bits per heavy atom. The fourth-order valence-electron chi connectivity index (χ4n) is 2.59. The summed E-state index contributed by atoms with van der Waals surface area (Å²) in [5.74, 6) is 0.428. The highest BCUT2D eigenvalue weighted by Crippen LogP contribution is 2.24. The molecule has 3 aromatic rings. The summed E-state index contributed by atoms with van der Waals surface area (Å²) in [5.41, 5.74) is 3.77. The Labute approximate surface area is 158 Å². The molecule has 3 nitrogen and oxygen atoms in total. The van der Waals surface area contributed by atoms with E-state index in [1.165, 1.54) is 0 Å². The molecule has 0 heterocycles. The van der Waals surface area contributed by atoms with E-state index in [9.17, 15) is 4.79 Å². The van der Waals surface area contributed by atoms with Gasteiger partial charge in [0.1, 0.15) is 5.75 Å². The van der Waals surface area contributed by atoms with Crippen molar-refractivity contribution in [2.75, 3.05) is 5.32 Å². The fourth-order valence-corrected chi connectivity index (χ4v) is 2.77. The van der Waals surface area contributed by atoms with E-state index in [4.69, 9.17) is 16.3 Å². The second-order valence-corrected chi connectivity index (χ2v) is 6.46. The van der Waals surface area contributed by atoms with Crippen LogP contribution in [0.25, 0.3) is 11.1 Å². The van der Waals surface area contributed by atoms with E-state index in [1.54, 1.807) is 19.1 Å². The molecule has 1 amide bonds. The first kappa shape index (κ1) is 18.0. The quantitative estimate of drug-likeness (QED) is 0.627. The molecule has 0 unspecified atom stereocenters. The maximum Gasteiger partial charge on any atom is 0.265 e. The summed E-state index contributed by atoms with van der Waals surface area (Å²) in [7, 11) is 0. The Morgan fingerprint density at radius 1 is 0.923 bits per heavy atom. The summed E-state index contributed by atoms with van der Waals surface area (Å²) < 4.78 is 5.76. The molecule has 0 aromatic heterocycles. The van der Waals surface area contributed by atoms with Gasteiger partial charge >= 0.3 is 0 Å². The smallest absolute Gasteiger partial charge is 0.265 e. The number of hydrogen-bond acceptors (Lipinski definition) is 2. The van der Waals surface area contributed by atoms with Gasteiger partial charge in [-0.1, -0.05) is 60.1 Å². The lowest BCUT2D eigenvalue weighted by Gasteiger charge is -2.16. The minimum Gasteiger partial charge on any atom is -0.481 e. The molecule has 26 heavy (non-hydrogen) atoms. The standard InChI is InChI=1S/C22H20ClNO2/c1-15-20(23)9-6-10-21(15)24-22(25)16(2)26-19-13-11-18(12-14-19)17-7-4-3-5-8-17/h3-14,16H,1-2H3,(H,24,25)/t16-/m1/s1. The Morgan fingerprint density at radius 3 is 2.27 bits per heavy atom. The van der Waals surface area contributed by atoms with Crippen LogP contribution in [0, 0.1) is 6.92 Å². The van der Waals surface area contributed by atoms with Gasteiger partial charge in [-0.15, -0.1) is 0 Å². The van der Waals surface area contributed by atoms with Crippen molar-refractivity contribution in [2.45, 2.75) is 20.0 Å². The molecule has 3 aromatic carbocycles. The molecule has 132 valence electrons. The van der Waals surface area contributed by atoms with E-state index in [-0.39, 0.29) is 5.91 Å². The van der Waals surface area contributed by atoms with Crippen molar-refractivity contribution in [1.82, 2.24) is 0 Å². The maximum atomic E-state index is 12.4. The number of ether oxygens (including phenoxy) is 1. The van der Waals surface area contributed by atoms with Crippen LogP contribution < -0.4 is 10.1 Å². The average Bonchev–Trinajstić information content (AvgIpc) is 2.66. The van der Waals surface area contributed by atoms with Crippen molar-refractivity contribution in [3.8, 4) is 16.9 Å². The van der Waals surface area contributed by atoms with E-state index in [2.05, 4.69) is 17.4 Å². The Bertz CT molecular complexity index is 892. The second-order valence-electron chi connectivity index (χ2n) is 6.05. The van der Waals surface area contributed by atoms with Gasteiger partial charge in [0.15, 0.2) is 6.10 Å². The number of benzene rings is 3. The highest BCUT2D eigenvalue weighted by Gasteiger charge is 2.16. The Balaban J connectivity index is 1.65. The summed E-state index contributed by atoms with van der Waals surface area (Å²) in [6.07, 6.45) is -0.629. The lowest BCUT2D eigenvalue weighted by molar-refractivity contribution is -0.122. The third-order valence-corrected chi connectivity index (χ3v) is 4.58. The number of anilines is 1. The molecular weight excluding hydrogens is 346 g/mol. The van der Waals surface area contributed by atoms with Crippen LogP contribution in [-0.4, -0.2) is 12.0 Å². The summed E-state index contributed by atoms with van der Waals surface area (Å²) in [6, 6.07) is 23.2. The van der Waals surface area contributed by atoms with Crippen LogP contribution in [0.15, 0.2) is 72.8 Å². The van der Waals surface area contributed by atoms with Crippen LogP contribution in [0.5, 0.6) is 5.75 Å². The van der Waals surface area contributed by atoms with Crippen LogP contribution in [0.2, 0.25) is 5.02 Å². The first-order valence-corrected chi connectivity index (χ1v) is 8.80. The zero-order valence-electron chi connectivity index (χ0n) is 14.7. The predicted molar refractivity (Wildman–Crippen MR) is 107 cm³/mol. The molecule has 0 aliphatic rings. The van der Waals surface area contributed by atoms with Gasteiger partial charge < -0.3 is 10.1 Å². The third-order valence-electron chi connectivity index (χ3n) is 4.17. The van der Waals surface area contributed by atoms with Crippen molar-refractivity contribution >= 4 is 23.2 Å². The minimum absolute atomic E-state index is 0.220. The van der Waals surface area contributed by atoms with Gasteiger partial charge in [-0.25, -0.2) is 0 Å². The van der Waals surface area contributed by atoms with Crippen LogP contribution in [0.1, 0.15) is 12.5 Å². The minimum atomic E-state index is -0.629. The summed E-state index contributed by atoms with van der Waals surface area (Å²) >= 11 is 6.09. The maximum absolute atomic E-state index is 12.4. The normalized spacial score (nSPS) is 11.7. The van der Waals surface area contributed by atoms with Crippen molar-refractivity contribution < 1.29 is 9.53 Å². The van der Waals surface area contributed by atoms with Gasteiger partial charge in [-0.05, 0) is 54.8 Å². The zero-order chi connectivity index (χ0) is 18.5. The number of nitrogens with one attached hydrogen (secondary N) is 1. The second kappa shape index (κ2) is 8.07. The molecule has 0 aliphatic carbocycles. The largest absolute Gasteiger partial charge is 0.481 e. The zero-order valence-corrected chi connectivity index (χ0v) is 15.5. The first-order valence-electron chi connectivity index (χ1n) is 8.43. The molecule has 1 atom stereocenters. The highest BCUT2D eigenvalue weighted by atomic mass is 35.5.